The molecule has 0 aliphatic carbocycles. The van der Waals surface area contributed by atoms with E-state index in [4.69, 9.17) is 0 Å². The summed E-state index contributed by atoms with van der Waals surface area (Å²) in [4.78, 5) is 11.3. The second-order valence-electron chi connectivity index (χ2n) is 5.90. The average Bonchev–Trinajstić information content (AvgIpc) is 2.54. The first kappa shape index (κ1) is 16.0. The molecule has 0 saturated carbocycles. The van der Waals surface area contributed by atoms with Crippen molar-refractivity contribution < 1.29 is 18.3 Å². The molecule has 1 fully saturated rings. The fourth-order valence-corrected chi connectivity index (χ4v) is 4.86. The summed E-state index contributed by atoms with van der Waals surface area (Å²) in [6.07, 6.45) is 1.84. The van der Waals surface area contributed by atoms with E-state index in [0.29, 0.717) is 18.4 Å². The number of sulfonamides is 1. The van der Waals surface area contributed by atoms with Gasteiger partial charge in [0.05, 0.1) is 5.75 Å². The molecule has 1 aliphatic rings. The number of piperidine rings is 1. The molecule has 0 unspecified atom stereocenters. The molecule has 122 valence electrons. The van der Waals surface area contributed by atoms with Crippen molar-refractivity contribution in [1.29, 1.82) is 0 Å². The summed E-state index contributed by atoms with van der Waals surface area (Å²) in [5.41, 5.74) is 0.679. The third-order valence-corrected chi connectivity index (χ3v) is 6.11. The highest BCUT2D eigenvalue weighted by Gasteiger charge is 2.36. The number of nitrogens with zero attached hydrogens (tertiary/aromatic N) is 1. The van der Waals surface area contributed by atoms with Crippen LogP contribution in [-0.4, -0.2) is 36.4 Å². The van der Waals surface area contributed by atoms with Gasteiger partial charge in [0.1, 0.15) is 6.04 Å². The number of carboxylic acids is 1. The van der Waals surface area contributed by atoms with E-state index in [9.17, 15) is 18.3 Å². The van der Waals surface area contributed by atoms with Crippen LogP contribution in [0.2, 0.25) is 0 Å². The third kappa shape index (κ3) is 3.38. The average molecular weight is 333 g/mol. The number of fused-ring (bicyclic) bond motifs is 1. The Hall–Kier alpha value is -1.92. The van der Waals surface area contributed by atoms with Gasteiger partial charge in [-0.15, -0.1) is 0 Å². The maximum absolute atomic E-state index is 12.7. The van der Waals surface area contributed by atoms with Crippen molar-refractivity contribution in [2.75, 3.05) is 6.54 Å². The Morgan fingerprint density at radius 1 is 1.13 bits per heavy atom. The number of hydrogen-bond donors (Lipinski definition) is 1. The SMILES string of the molecule is O=C(O)[C@H]1CCCCN1S(=O)(=O)Cc1ccc2ccccc2c1. The molecule has 5 nitrogen and oxygen atoms in total. The fourth-order valence-electron chi connectivity index (χ4n) is 3.11. The van der Waals surface area contributed by atoms with Gasteiger partial charge in [0, 0.05) is 6.54 Å². The molecule has 1 N–H and O–H groups in total. The molecule has 6 heteroatoms. The zero-order valence-electron chi connectivity index (χ0n) is 12.7. The normalized spacial score (nSPS) is 19.7. The van der Waals surface area contributed by atoms with E-state index >= 15 is 0 Å². The summed E-state index contributed by atoms with van der Waals surface area (Å²) in [5, 5.41) is 11.3. The van der Waals surface area contributed by atoms with E-state index in [1.54, 1.807) is 6.07 Å². The predicted molar refractivity (Wildman–Crippen MR) is 88.6 cm³/mol. The van der Waals surface area contributed by atoms with Crippen molar-refractivity contribution in [3.8, 4) is 0 Å². The largest absolute Gasteiger partial charge is 0.480 e. The highest BCUT2D eigenvalue weighted by atomic mass is 32.2. The molecule has 2 aromatic carbocycles. The molecule has 3 rings (SSSR count). The topological polar surface area (TPSA) is 74.7 Å². The first-order valence-corrected chi connectivity index (χ1v) is 9.28. The number of carboxylic acid groups (broad SMARTS) is 1. The molecule has 1 saturated heterocycles. The molecule has 1 heterocycles. The van der Waals surface area contributed by atoms with Crippen molar-refractivity contribution in [2.24, 2.45) is 0 Å². The van der Waals surface area contributed by atoms with Gasteiger partial charge < -0.3 is 5.11 Å². The molecule has 1 aliphatic heterocycles. The van der Waals surface area contributed by atoms with Gasteiger partial charge in [-0.3, -0.25) is 4.79 Å². The van der Waals surface area contributed by atoms with Crippen molar-refractivity contribution in [3.05, 3.63) is 48.0 Å². The molecule has 1 atom stereocenters. The van der Waals surface area contributed by atoms with E-state index in [1.807, 2.05) is 36.4 Å². The minimum atomic E-state index is -3.65. The smallest absolute Gasteiger partial charge is 0.322 e. The Morgan fingerprint density at radius 2 is 1.87 bits per heavy atom. The Bertz CT molecular complexity index is 831. The predicted octanol–water partition coefficient (Wildman–Crippen LogP) is 2.61. The van der Waals surface area contributed by atoms with Crippen molar-refractivity contribution in [3.63, 3.8) is 0 Å². The number of aliphatic carboxylic acids is 1. The van der Waals surface area contributed by atoms with Crippen LogP contribution in [-0.2, 0) is 20.6 Å². The Labute approximate surface area is 135 Å². The van der Waals surface area contributed by atoms with Gasteiger partial charge >= 0.3 is 5.97 Å². The lowest BCUT2D eigenvalue weighted by molar-refractivity contribution is -0.142. The number of carbonyl (C=O) groups is 1. The number of rotatable bonds is 4. The van der Waals surface area contributed by atoms with Gasteiger partial charge in [0.25, 0.3) is 0 Å². The van der Waals surface area contributed by atoms with E-state index in [1.165, 1.54) is 0 Å². The van der Waals surface area contributed by atoms with Gasteiger partial charge in [0.15, 0.2) is 0 Å². The van der Waals surface area contributed by atoms with Crippen LogP contribution < -0.4 is 0 Å². The molecular weight excluding hydrogens is 314 g/mol. The van der Waals surface area contributed by atoms with E-state index in [0.717, 1.165) is 21.5 Å². The zero-order chi connectivity index (χ0) is 16.4. The molecule has 0 amide bonds. The van der Waals surface area contributed by atoms with Crippen LogP contribution in [0.15, 0.2) is 42.5 Å². The van der Waals surface area contributed by atoms with Crippen LogP contribution in [0.25, 0.3) is 10.8 Å². The van der Waals surface area contributed by atoms with Gasteiger partial charge in [-0.05, 0) is 35.6 Å². The minimum Gasteiger partial charge on any atom is -0.480 e. The molecule has 0 radical (unpaired) electrons. The Morgan fingerprint density at radius 3 is 2.61 bits per heavy atom. The summed E-state index contributed by atoms with van der Waals surface area (Å²) in [6, 6.07) is 12.4. The maximum atomic E-state index is 12.7. The van der Waals surface area contributed by atoms with Gasteiger partial charge in [-0.2, -0.15) is 4.31 Å². The lowest BCUT2D eigenvalue weighted by Gasteiger charge is -2.31. The standard InChI is InChI=1S/C17H19NO4S/c19-17(20)16-7-3-4-10-18(16)23(21,22)12-13-8-9-14-5-1-2-6-15(14)11-13/h1-2,5-6,8-9,11,16H,3-4,7,10,12H2,(H,19,20)/t16-/m1/s1. The minimum absolute atomic E-state index is 0.165. The summed E-state index contributed by atoms with van der Waals surface area (Å²) in [7, 11) is -3.65. The first-order chi connectivity index (χ1) is 11.0. The number of hydrogen-bond acceptors (Lipinski definition) is 3. The van der Waals surface area contributed by atoms with Gasteiger partial charge in [0.2, 0.25) is 10.0 Å². The van der Waals surface area contributed by atoms with Crippen LogP contribution in [0.4, 0.5) is 0 Å². The molecule has 0 bridgehead atoms. The second kappa shape index (κ2) is 6.29. The fraction of sp³-hybridized carbons (Fsp3) is 0.353. The zero-order valence-corrected chi connectivity index (χ0v) is 13.5. The summed E-state index contributed by atoms with van der Waals surface area (Å²) < 4.78 is 26.5. The highest BCUT2D eigenvalue weighted by molar-refractivity contribution is 7.88. The maximum Gasteiger partial charge on any atom is 0.322 e. The van der Waals surface area contributed by atoms with Crippen LogP contribution in [0.5, 0.6) is 0 Å². The monoisotopic (exact) mass is 333 g/mol. The third-order valence-electron chi connectivity index (χ3n) is 4.26. The van der Waals surface area contributed by atoms with Gasteiger partial charge in [-0.1, -0.05) is 42.5 Å². The lowest BCUT2D eigenvalue weighted by Crippen LogP contribution is -2.48. The molecule has 0 aromatic heterocycles. The van der Waals surface area contributed by atoms with Crippen LogP contribution >= 0.6 is 0 Å². The van der Waals surface area contributed by atoms with Crippen LogP contribution in [0, 0.1) is 0 Å². The second-order valence-corrected chi connectivity index (χ2v) is 7.82. The van der Waals surface area contributed by atoms with Crippen molar-refractivity contribution in [1.82, 2.24) is 4.31 Å². The summed E-state index contributed by atoms with van der Waals surface area (Å²) >= 11 is 0. The van der Waals surface area contributed by atoms with Crippen molar-refractivity contribution >= 4 is 26.8 Å². The van der Waals surface area contributed by atoms with Gasteiger partial charge in [-0.25, -0.2) is 8.42 Å². The van der Waals surface area contributed by atoms with Crippen LogP contribution in [0.1, 0.15) is 24.8 Å². The molecule has 2 aromatic rings. The number of benzene rings is 2. The lowest BCUT2D eigenvalue weighted by atomic mass is 10.1. The summed E-state index contributed by atoms with van der Waals surface area (Å²) in [5.74, 6) is -1.23. The van der Waals surface area contributed by atoms with E-state index < -0.39 is 22.0 Å². The van der Waals surface area contributed by atoms with Crippen LogP contribution in [0.3, 0.4) is 0 Å². The van der Waals surface area contributed by atoms with Crippen molar-refractivity contribution in [2.45, 2.75) is 31.1 Å². The molecule has 23 heavy (non-hydrogen) atoms. The Balaban J connectivity index is 1.88. The van der Waals surface area contributed by atoms with E-state index in [2.05, 4.69) is 0 Å². The summed E-state index contributed by atoms with van der Waals surface area (Å²) in [6.45, 7) is 0.285. The molecular formula is C17H19NO4S. The molecule has 0 spiro atoms. The Kier molecular flexibility index (Phi) is 4.37. The van der Waals surface area contributed by atoms with E-state index in [-0.39, 0.29) is 12.3 Å². The quantitative estimate of drug-likeness (QED) is 0.933. The first-order valence-electron chi connectivity index (χ1n) is 7.67. The highest BCUT2D eigenvalue weighted by Crippen LogP contribution is 2.24.